The van der Waals surface area contributed by atoms with Crippen LogP contribution in [0.5, 0.6) is 5.75 Å². The molecule has 0 atom stereocenters. The summed E-state index contributed by atoms with van der Waals surface area (Å²) in [5.74, 6) is 0.437. The summed E-state index contributed by atoms with van der Waals surface area (Å²) in [4.78, 5) is 26.9. The number of amides is 1. The summed E-state index contributed by atoms with van der Waals surface area (Å²) >= 11 is 0. The molecule has 1 aliphatic carbocycles. The van der Waals surface area contributed by atoms with E-state index in [9.17, 15) is 14.0 Å². The van der Waals surface area contributed by atoms with Crippen LogP contribution in [-0.4, -0.2) is 44.1 Å². The minimum atomic E-state index is -0.465. The fourth-order valence-electron chi connectivity index (χ4n) is 4.12. The number of benzene rings is 2. The lowest BCUT2D eigenvalue weighted by Crippen LogP contribution is -2.40. The second-order valence-corrected chi connectivity index (χ2v) is 8.37. The maximum Gasteiger partial charge on any atom is 0.305 e. The number of carbonyl (C=O) groups excluding carboxylic acids is 2. The minimum Gasteiger partial charge on any atom is -0.497 e. The number of halogens is 1. The highest BCUT2D eigenvalue weighted by atomic mass is 19.1. The van der Waals surface area contributed by atoms with Crippen LogP contribution in [0, 0.1) is 5.82 Å². The van der Waals surface area contributed by atoms with Crippen molar-refractivity contribution in [3.8, 4) is 5.75 Å². The van der Waals surface area contributed by atoms with Gasteiger partial charge >= 0.3 is 5.97 Å². The maximum absolute atomic E-state index is 13.6. The van der Waals surface area contributed by atoms with Gasteiger partial charge in [-0.3, -0.25) is 9.59 Å². The predicted molar refractivity (Wildman–Crippen MR) is 121 cm³/mol. The highest BCUT2D eigenvalue weighted by Gasteiger charge is 2.52. The first-order chi connectivity index (χ1) is 15.5. The van der Waals surface area contributed by atoms with E-state index in [1.807, 2.05) is 35.2 Å². The molecule has 0 heterocycles. The second-order valence-electron chi connectivity index (χ2n) is 8.37. The van der Waals surface area contributed by atoms with E-state index in [1.54, 1.807) is 19.2 Å². The zero-order valence-electron chi connectivity index (χ0n) is 18.9. The zero-order chi connectivity index (χ0) is 23.0. The van der Waals surface area contributed by atoms with Crippen LogP contribution in [0.4, 0.5) is 4.39 Å². The molecular formula is C26H32FNO4. The average Bonchev–Trinajstić information content (AvgIpc) is 3.62. The molecule has 1 amide bonds. The van der Waals surface area contributed by atoms with Crippen LogP contribution in [0.25, 0.3) is 0 Å². The lowest BCUT2D eigenvalue weighted by Gasteiger charge is -2.28. The number of hydrogen-bond donors (Lipinski definition) is 0. The van der Waals surface area contributed by atoms with Gasteiger partial charge in [0.2, 0.25) is 5.91 Å². The number of esters is 1. The normalized spacial score (nSPS) is 14.0. The van der Waals surface area contributed by atoms with Gasteiger partial charge in [0.1, 0.15) is 11.6 Å². The summed E-state index contributed by atoms with van der Waals surface area (Å²) in [5.41, 5.74) is 1.49. The Morgan fingerprint density at radius 2 is 1.72 bits per heavy atom. The SMILES string of the molecule is COC(=O)CCCCN(CCCc1cccc(F)c1)C(=O)C1(c2ccc(OC)cc2)CC1. The first-order valence-corrected chi connectivity index (χ1v) is 11.2. The van der Waals surface area contributed by atoms with Crippen molar-refractivity contribution in [1.82, 2.24) is 4.90 Å². The summed E-state index contributed by atoms with van der Waals surface area (Å²) < 4.78 is 23.4. The lowest BCUT2D eigenvalue weighted by molar-refractivity contribution is -0.140. The highest BCUT2D eigenvalue weighted by molar-refractivity contribution is 5.91. The molecule has 0 unspecified atom stereocenters. The average molecular weight is 442 g/mol. The van der Waals surface area contributed by atoms with Gasteiger partial charge in [0.05, 0.1) is 19.6 Å². The van der Waals surface area contributed by atoms with E-state index in [4.69, 9.17) is 9.47 Å². The Balaban J connectivity index is 1.65. The molecular weight excluding hydrogens is 409 g/mol. The molecule has 0 N–H and O–H groups in total. The van der Waals surface area contributed by atoms with Gasteiger partial charge in [0.25, 0.3) is 0 Å². The molecule has 0 spiro atoms. The molecule has 32 heavy (non-hydrogen) atoms. The number of aryl methyl sites for hydroxylation is 1. The predicted octanol–water partition coefficient (Wildman–Crippen LogP) is 4.67. The van der Waals surface area contributed by atoms with Crippen LogP contribution in [0.15, 0.2) is 48.5 Å². The Kier molecular flexibility index (Phi) is 8.26. The Hall–Kier alpha value is -2.89. The van der Waals surface area contributed by atoms with E-state index in [0.29, 0.717) is 32.4 Å². The smallest absolute Gasteiger partial charge is 0.305 e. The third kappa shape index (κ3) is 6.09. The fourth-order valence-corrected chi connectivity index (χ4v) is 4.12. The molecule has 5 nitrogen and oxygen atoms in total. The Bertz CT molecular complexity index is 908. The van der Waals surface area contributed by atoms with Gasteiger partial charge in [-0.25, -0.2) is 4.39 Å². The maximum atomic E-state index is 13.6. The van der Waals surface area contributed by atoms with E-state index in [0.717, 1.165) is 42.6 Å². The van der Waals surface area contributed by atoms with Crippen molar-refractivity contribution in [2.45, 2.75) is 50.4 Å². The number of carbonyl (C=O) groups is 2. The summed E-state index contributed by atoms with van der Waals surface area (Å²) in [6.07, 6.45) is 4.90. The van der Waals surface area contributed by atoms with Crippen molar-refractivity contribution in [1.29, 1.82) is 0 Å². The summed E-state index contributed by atoms with van der Waals surface area (Å²) in [5, 5.41) is 0. The van der Waals surface area contributed by atoms with E-state index in [2.05, 4.69) is 0 Å². The largest absolute Gasteiger partial charge is 0.497 e. The molecule has 172 valence electrons. The lowest BCUT2D eigenvalue weighted by atomic mass is 9.93. The fraction of sp³-hybridized carbons (Fsp3) is 0.462. The van der Waals surface area contributed by atoms with E-state index in [1.165, 1.54) is 13.2 Å². The Morgan fingerprint density at radius 3 is 2.34 bits per heavy atom. The van der Waals surface area contributed by atoms with Gasteiger partial charge < -0.3 is 14.4 Å². The first kappa shape index (κ1) is 23.8. The van der Waals surface area contributed by atoms with Crippen molar-refractivity contribution < 1.29 is 23.5 Å². The standard InChI is InChI=1S/C26H32FNO4/c1-31-23-13-11-21(12-14-23)26(15-16-26)25(30)28(17-4-3-10-24(29)32-2)18-6-8-20-7-5-9-22(27)19-20/h5,7,9,11-14,19H,3-4,6,8,10,15-18H2,1-2H3. The van der Waals surface area contributed by atoms with Crippen LogP contribution in [-0.2, 0) is 26.2 Å². The molecule has 0 saturated heterocycles. The quantitative estimate of drug-likeness (QED) is 0.355. The molecule has 2 aromatic rings. The van der Waals surface area contributed by atoms with Crippen molar-refractivity contribution in [3.05, 3.63) is 65.5 Å². The molecule has 2 aromatic carbocycles. The van der Waals surface area contributed by atoms with Crippen molar-refractivity contribution in [2.75, 3.05) is 27.3 Å². The van der Waals surface area contributed by atoms with Crippen LogP contribution < -0.4 is 4.74 Å². The number of unbranched alkanes of at least 4 members (excludes halogenated alkanes) is 1. The van der Waals surface area contributed by atoms with Gasteiger partial charge in [-0.2, -0.15) is 0 Å². The molecule has 1 saturated carbocycles. The van der Waals surface area contributed by atoms with Crippen LogP contribution in [0.1, 0.15) is 49.7 Å². The van der Waals surface area contributed by atoms with E-state index < -0.39 is 5.41 Å². The molecule has 0 aromatic heterocycles. The van der Waals surface area contributed by atoms with E-state index in [-0.39, 0.29) is 17.7 Å². The van der Waals surface area contributed by atoms with Crippen molar-refractivity contribution >= 4 is 11.9 Å². The second kappa shape index (κ2) is 11.1. The molecule has 1 fully saturated rings. The van der Waals surface area contributed by atoms with Crippen LogP contribution in [0.2, 0.25) is 0 Å². The third-order valence-electron chi connectivity index (χ3n) is 6.16. The molecule has 0 aliphatic heterocycles. The minimum absolute atomic E-state index is 0.139. The van der Waals surface area contributed by atoms with Gasteiger partial charge in [-0.05, 0) is 73.9 Å². The molecule has 6 heteroatoms. The van der Waals surface area contributed by atoms with Crippen molar-refractivity contribution in [2.24, 2.45) is 0 Å². The highest BCUT2D eigenvalue weighted by Crippen LogP contribution is 2.50. The van der Waals surface area contributed by atoms with Gasteiger partial charge in [0.15, 0.2) is 0 Å². The summed E-state index contributed by atoms with van der Waals surface area (Å²) in [6, 6.07) is 14.3. The Labute approximate surface area is 189 Å². The molecule has 3 rings (SSSR count). The van der Waals surface area contributed by atoms with Crippen LogP contribution in [0.3, 0.4) is 0 Å². The van der Waals surface area contributed by atoms with Gasteiger partial charge in [0, 0.05) is 19.5 Å². The van der Waals surface area contributed by atoms with Gasteiger partial charge in [-0.15, -0.1) is 0 Å². The summed E-state index contributed by atoms with van der Waals surface area (Å²) in [6.45, 7) is 1.20. The number of hydrogen-bond acceptors (Lipinski definition) is 4. The number of nitrogens with zero attached hydrogens (tertiary/aromatic N) is 1. The van der Waals surface area contributed by atoms with Crippen LogP contribution >= 0.6 is 0 Å². The first-order valence-electron chi connectivity index (χ1n) is 11.2. The molecule has 1 aliphatic rings. The van der Waals surface area contributed by atoms with Gasteiger partial charge in [-0.1, -0.05) is 24.3 Å². The molecule has 0 radical (unpaired) electrons. The topological polar surface area (TPSA) is 55.8 Å². The van der Waals surface area contributed by atoms with Crippen molar-refractivity contribution in [3.63, 3.8) is 0 Å². The number of methoxy groups -OCH3 is 2. The monoisotopic (exact) mass is 441 g/mol. The number of rotatable bonds is 12. The van der Waals surface area contributed by atoms with E-state index >= 15 is 0 Å². The number of ether oxygens (including phenoxy) is 2. The summed E-state index contributed by atoms with van der Waals surface area (Å²) in [7, 11) is 3.01. The molecule has 0 bridgehead atoms. The Morgan fingerprint density at radius 1 is 1.00 bits per heavy atom. The third-order valence-corrected chi connectivity index (χ3v) is 6.16. The zero-order valence-corrected chi connectivity index (χ0v) is 18.9.